The first-order chi connectivity index (χ1) is 18.3. The van der Waals surface area contributed by atoms with Gasteiger partial charge in [-0.1, -0.05) is 101 Å². The van der Waals surface area contributed by atoms with Gasteiger partial charge in [0.15, 0.2) is 11.3 Å². The van der Waals surface area contributed by atoms with E-state index in [9.17, 15) is 9.90 Å². The molecule has 1 unspecified atom stereocenters. The SMILES string of the molecule is CC(C)(C)c1cc(C2N=c3ccccc3=C3C(=O)NC(SCc4ccccc4Cl)=NN32)cc(C(C)(C)C)c1O. The fourth-order valence-electron chi connectivity index (χ4n) is 4.82. The molecular weight excluding hydrogens is 528 g/mol. The van der Waals surface area contributed by atoms with Crippen LogP contribution in [0, 0.1) is 0 Å². The number of hydrazone groups is 1. The number of phenolic OH excluding ortho intramolecular Hbond substituents is 1. The van der Waals surface area contributed by atoms with Gasteiger partial charge in [0.25, 0.3) is 5.91 Å². The van der Waals surface area contributed by atoms with Crippen LogP contribution in [-0.2, 0) is 21.4 Å². The van der Waals surface area contributed by atoms with Crippen LogP contribution in [0.2, 0.25) is 5.02 Å². The van der Waals surface area contributed by atoms with Gasteiger partial charge in [0.05, 0.1) is 5.36 Å². The molecule has 0 aliphatic carbocycles. The van der Waals surface area contributed by atoms with Crippen molar-refractivity contribution < 1.29 is 9.90 Å². The predicted molar refractivity (Wildman–Crippen MR) is 159 cm³/mol. The first kappa shape index (κ1) is 27.3. The number of hydrogen-bond acceptors (Lipinski definition) is 6. The number of carbonyl (C=O) groups is 1. The number of hydrogen-bond donors (Lipinski definition) is 2. The van der Waals surface area contributed by atoms with Crippen molar-refractivity contribution >= 4 is 40.1 Å². The van der Waals surface area contributed by atoms with Crippen molar-refractivity contribution in [3.8, 4) is 5.75 Å². The Kier molecular flexibility index (Phi) is 7.02. The van der Waals surface area contributed by atoms with Crippen molar-refractivity contribution in [2.45, 2.75) is 64.3 Å². The fourth-order valence-corrected chi connectivity index (χ4v) is 5.96. The number of para-hydroxylation sites is 1. The van der Waals surface area contributed by atoms with Crippen LogP contribution in [0.4, 0.5) is 0 Å². The number of amides is 1. The van der Waals surface area contributed by atoms with Gasteiger partial charge >= 0.3 is 0 Å². The third kappa shape index (κ3) is 5.30. The molecule has 2 N–H and O–H groups in total. The lowest BCUT2D eigenvalue weighted by Crippen LogP contribution is -2.50. The van der Waals surface area contributed by atoms with Gasteiger partial charge in [-0.15, -0.1) is 5.10 Å². The van der Waals surface area contributed by atoms with Crippen LogP contribution in [0.5, 0.6) is 5.75 Å². The Morgan fingerprint density at radius 1 is 0.974 bits per heavy atom. The molecule has 3 aromatic carbocycles. The van der Waals surface area contributed by atoms with E-state index >= 15 is 0 Å². The number of halogens is 1. The van der Waals surface area contributed by atoms with Crippen molar-refractivity contribution in [1.29, 1.82) is 0 Å². The first-order valence-electron chi connectivity index (χ1n) is 12.9. The summed E-state index contributed by atoms with van der Waals surface area (Å²) in [7, 11) is 0. The smallest absolute Gasteiger partial charge is 0.276 e. The molecule has 1 atom stereocenters. The molecule has 39 heavy (non-hydrogen) atoms. The van der Waals surface area contributed by atoms with Crippen LogP contribution >= 0.6 is 23.4 Å². The fraction of sp³-hybridized carbons (Fsp3) is 0.323. The molecule has 8 heteroatoms. The Hall–Kier alpha value is -3.29. The molecule has 5 rings (SSSR count). The number of fused-ring (bicyclic) bond motifs is 2. The molecule has 0 aromatic heterocycles. The summed E-state index contributed by atoms with van der Waals surface area (Å²) in [5.41, 5.74) is 3.33. The molecule has 0 saturated heterocycles. The van der Waals surface area contributed by atoms with E-state index in [1.807, 2.05) is 60.7 Å². The molecule has 0 radical (unpaired) electrons. The highest BCUT2D eigenvalue weighted by Gasteiger charge is 2.36. The summed E-state index contributed by atoms with van der Waals surface area (Å²) in [4.78, 5) is 18.7. The highest BCUT2D eigenvalue weighted by Crippen LogP contribution is 2.43. The van der Waals surface area contributed by atoms with Crippen molar-refractivity contribution in [3.63, 3.8) is 0 Å². The zero-order valence-corrected chi connectivity index (χ0v) is 24.6. The number of amidine groups is 1. The number of carbonyl (C=O) groups excluding carboxylic acids is 1. The Balaban J connectivity index is 1.67. The van der Waals surface area contributed by atoms with E-state index < -0.39 is 6.17 Å². The van der Waals surface area contributed by atoms with Gasteiger partial charge in [0, 0.05) is 16.0 Å². The number of phenols is 1. The molecular formula is C31H33ClN4O2S. The number of thioether (sulfide) groups is 1. The molecule has 0 saturated carbocycles. The summed E-state index contributed by atoms with van der Waals surface area (Å²) in [5.74, 6) is 0.627. The van der Waals surface area contributed by atoms with Gasteiger partial charge in [-0.3, -0.25) is 15.1 Å². The summed E-state index contributed by atoms with van der Waals surface area (Å²) in [5, 5.41) is 23.5. The molecule has 202 valence electrons. The third-order valence-electron chi connectivity index (χ3n) is 6.88. The lowest BCUT2D eigenvalue weighted by molar-refractivity contribution is -0.116. The van der Waals surface area contributed by atoms with E-state index in [-0.39, 0.29) is 16.7 Å². The summed E-state index contributed by atoms with van der Waals surface area (Å²) in [6.45, 7) is 12.5. The van der Waals surface area contributed by atoms with Gasteiger partial charge in [0.2, 0.25) is 0 Å². The maximum atomic E-state index is 13.6. The number of nitrogens with one attached hydrogen (secondary N) is 1. The molecule has 0 bridgehead atoms. The van der Waals surface area contributed by atoms with E-state index in [4.69, 9.17) is 21.7 Å². The number of benzene rings is 3. The lowest BCUT2D eigenvalue weighted by Gasteiger charge is -2.35. The van der Waals surface area contributed by atoms with Crippen LogP contribution in [0.15, 0.2) is 70.8 Å². The third-order valence-corrected chi connectivity index (χ3v) is 8.17. The number of rotatable bonds is 3. The van der Waals surface area contributed by atoms with Crippen LogP contribution in [0.25, 0.3) is 5.70 Å². The van der Waals surface area contributed by atoms with E-state index in [0.717, 1.165) is 32.8 Å². The Morgan fingerprint density at radius 3 is 2.23 bits per heavy atom. The summed E-state index contributed by atoms with van der Waals surface area (Å²) in [6, 6.07) is 19.3. The zero-order valence-electron chi connectivity index (χ0n) is 23.0. The summed E-state index contributed by atoms with van der Waals surface area (Å²) >= 11 is 7.78. The Labute approximate surface area is 238 Å². The molecule has 1 amide bonds. The molecule has 2 aliphatic heterocycles. The second kappa shape index (κ2) is 10.0. The standard InChI is InChI=1S/C31H33ClN4O2S/c1-30(2,3)21-15-19(16-22(26(21)37)31(4,5)6)27-33-24-14-10-8-12-20(24)25-28(38)34-29(35-36(25)27)39-17-18-11-7-9-13-23(18)32/h7-16,27,37H,17H2,1-6H3,(H,34,35,38). The average Bonchev–Trinajstić information content (AvgIpc) is 2.86. The molecule has 3 aromatic rings. The minimum atomic E-state index is -0.584. The van der Waals surface area contributed by atoms with Gasteiger partial charge < -0.3 is 5.11 Å². The van der Waals surface area contributed by atoms with Crippen molar-refractivity contribution in [1.82, 2.24) is 10.3 Å². The van der Waals surface area contributed by atoms with Crippen LogP contribution in [-0.4, -0.2) is 21.2 Å². The number of nitrogens with zero attached hydrogens (tertiary/aromatic N) is 3. The average molecular weight is 561 g/mol. The van der Waals surface area contributed by atoms with Gasteiger partial charge in [0.1, 0.15) is 11.4 Å². The van der Waals surface area contributed by atoms with E-state index in [0.29, 0.717) is 27.4 Å². The van der Waals surface area contributed by atoms with Crippen LogP contribution in [0.1, 0.15) is 70.0 Å². The highest BCUT2D eigenvalue weighted by atomic mass is 35.5. The summed E-state index contributed by atoms with van der Waals surface area (Å²) in [6.07, 6.45) is -0.584. The quantitative estimate of drug-likeness (QED) is 0.430. The van der Waals surface area contributed by atoms with Crippen LogP contribution in [0.3, 0.4) is 0 Å². The van der Waals surface area contributed by atoms with Crippen LogP contribution < -0.4 is 15.9 Å². The maximum absolute atomic E-state index is 13.6. The van der Waals surface area contributed by atoms with Gasteiger partial charge in [-0.25, -0.2) is 5.01 Å². The largest absolute Gasteiger partial charge is 0.507 e. The van der Waals surface area contributed by atoms with E-state index in [1.165, 1.54) is 11.8 Å². The lowest BCUT2D eigenvalue weighted by atomic mass is 9.78. The van der Waals surface area contributed by atoms with Crippen molar-refractivity contribution in [2.75, 3.05) is 0 Å². The second-order valence-electron chi connectivity index (χ2n) is 11.9. The molecule has 2 heterocycles. The summed E-state index contributed by atoms with van der Waals surface area (Å²) < 4.78 is 0. The highest BCUT2D eigenvalue weighted by molar-refractivity contribution is 8.13. The normalized spacial score (nSPS) is 17.2. The Bertz CT molecular complexity index is 1580. The minimum Gasteiger partial charge on any atom is -0.507 e. The van der Waals surface area contributed by atoms with Gasteiger partial charge in [-0.2, -0.15) is 0 Å². The van der Waals surface area contributed by atoms with Gasteiger partial charge in [-0.05, 0) is 57.3 Å². The van der Waals surface area contributed by atoms with E-state index in [2.05, 4.69) is 46.9 Å². The second-order valence-corrected chi connectivity index (χ2v) is 13.3. The Morgan fingerprint density at radius 2 is 1.59 bits per heavy atom. The molecule has 2 aliphatic rings. The molecule has 6 nitrogen and oxygen atoms in total. The zero-order chi connectivity index (χ0) is 28.1. The topological polar surface area (TPSA) is 77.3 Å². The van der Waals surface area contributed by atoms with Crippen molar-refractivity contribution in [3.05, 3.63) is 98.5 Å². The molecule has 0 fully saturated rings. The van der Waals surface area contributed by atoms with E-state index in [1.54, 1.807) is 5.01 Å². The molecule has 0 spiro atoms. The monoisotopic (exact) mass is 560 g/mol. The van der Waals surface area contributed by atoms with Crippen molar-refractivity contribution in [2.24, 2.45) is 10.1 Å². The maximum Gasteiger partial charge on any atom is 0.276 e. The number of aromatic hydroxyl groups is 1. The first-order valence-corrected chi connectivity index (χ1v) is 14.3. The predicted octanol–water partition coefficient (Wildman–Crippen LogP) is 5.72. The minimum absolute atomic E-state index is 0.232.